The smallest absolute Gasteiger partial charge is 0.302 e. The highest BCUT2D eigenvalue weighted by Crippen LogP contribution is 2.45. The summed E-state index contributed by atoms with van der Waals surface area (Å²) in [6.07, 6.45) is -1.23. The summed E-state index contributed by atoms with van der Waals surface area (Å²) in [7, 11) is -3.35. The molecule has 204 valence electrons. The van der Waals surface area contributed by atoms with Crippen LogP contribution >= 0.6 is 11.3 Å². The Morgan fingerprint density at radius 3 is 2.49 bits per heavy atom. The lowest BCUT2D eigenvalue weighted by Gasteiger charge is -2.35. The third-order valence-corrected chi connectivity index (χ3v) is 10.00. The van der Waals surface area contributed by atoms with E-state index in [1.54, 1.807) is 13.0 Å². The number of aromatic nitrogens is 2. The number of rotatable bonds is 8. The largest absolute Gasteiger partial charge is 0.391 e. The highest BCUT2D eigenvalue weighted by Gasteiger charge is 2.43. The topological polar surface area (TPSA) is 92.3 Å². The molecule has 37 heavy (non-hydrogen) atoms. The highest BCUT2D eigenvalue weighted by molar-refractivity contribution is 7.91. The normalized spacial score (nSPS) is 22.8. The summed E-state index contributed by atoms with van der Waals surface area (Å²) in [4.78, 5) is 25.0. The molecule has 3 heterocycles. The van der Waals surface area contributed by atoms with Gasteiger partial charge in [-0.1, -0.05) is 20.8 Å². The molecule has 0 aromatic carbocycles. The first kappa shape index (κ1) is 28.0. The maximum absolute atomic E-state index is 13.0. The number of fused-ring (bicyclic) bond motifs is 1. The Morgan fingerprint density at radius 1 is 1.22 bits per heavy atom. The first-order chi connectivity index (χ1) is 17.4. The van der Waals surface area contributed by atoms with Crippen molar-refractivity contribution in [3.8, 4) is 0 Å². The van der Waals surface area contributed by atoms with E-state index >= 15 is 0 Å². The second-order valence-corrected chi connectivity index (χ2v) is 13.7. The molecule has 2 aromatic heterocycles. The number of thiazole rings is 1. The Kier molecular flexibility index (Phi) is 8.30. The van der Waals surface area contributed by atoms with E-state index in [-0.39, 0.29) is 53.7 Å². The van der Waals surface area contributed by atoms with Gasteiger partial charge >= 0.3 is 6.18 Å². The molecule has 7 nitrogen and oxygen atoms in total. The number of nitrogens with zero attached hydrogens (tertiary/aromatic N) is 3. The van der Waals surface area contributed by atoms with Gasteiger partial charge in [0.15, 0.2) is 15.0 Å². The maximum Gasteiger partial charge on any atom is 0.391 e. The van der Waals surface area contributed by atoms with Gasteiger partial charge in [0.2, 0.25) is 5.91 Å². The molecule has 1 saturated carbocycles. The Balaban J connectivity index is 1.35. The number of pyridine rings is 1. The maximum atomic E-state index is 13.0. The molecule has 2 aliphatic rings. The molecule has 1 atom stereocenters. The van der Waals surface area contributed by atoms with Crippen LogP contribution in [0.3, 0.4) is 0 Å². The highest BCUT2D eigenvalue weighted by atomic mass is 32.2. The quantitative estimate of drug-likeness (QED) is 0.467. The lowest BCUT2D eigenvalue weighted by atomic mass is 9.81. The number of carbonyl (C=O) groups excluding carboxylic acids is 1. The van der Waals surface area contributed by atoms with E-state index in [0.29, 0.717) is 30.2 Å². The molecule has 0 bridgehead atoms. The van der Waals surface area contributed by atoms with Crippen molar-refractivity contribution in [2.45, 2.75) is 76.5 Å². The number of sulfone groups is 1. The van der Waals surface area contributed by atoms with Gasteiger partial charge in [-0.15, -0.1) is 11.3 Å². The monoisotopic (exact) mass is 558 g/mol. The van der Waals surface area contributed by atoms with Gasteiger partial charge in [-0.25, -0.2) is 13.4 Å². The number of hydrogen-bond donors (Lipinski definition) is 1. The van der Waals surface area contributed by atoms with Gasteiger partial charge in [-0.2, -0.15) is 13.2 Å². The fourth-order valence-electron chi connectivity index (χ4n) is 5.33. The molecule has 0 saturated heterocycles. The fourth-order valence-corrected chi connectivity index (χ4v) is 7.20. The average Bonchev–Trinajstić information content (AvgIpc) is 3.35. The molecule has 1 aliphatic carbocycles. The summed E-state index contributed by atoms with van der Waals surface area (Å²) in [5, 5.41) is 3.35. The van der Waals surface area contributed by atoms with Crippen molar-refractivity contribution in [3.63, 3.8) is 0 Å². The Hall–Kier alpha value is -2.05. The zero-order valence-corrected chi connectivity index (χ0v) is 22.8. The second-order valence-electron chi connectivity index (χ2n) is 10.3. The van der Waals surface area contributed by atoms with Crippen LogP contribution < -0.4 is 5.32 Å². The standard InChI is InChI=1S/C25H33F3N4O3S2/c1-4-37(34,35)19-10-9-18(29-12-19)11-21(33)30-24-31-22-20(36-24)14-32(23(22)15(2)3)13-16-5-7-17(8-6-16)25(26,27)28/h9-10,12,15-17,23H,4-8,11,13-14H2,1-3H3,(H,30,31,33)/t16?,17?,23-/m0/s1. The lowest BCUT2D eigenvalue weighted by molar-refractivity contribution is -0.184. The van der Waals surface area contributed by atoms with Gasteiger partial charge in [0.05, 0.1) is 34.7 Å². The molecule has 1 fully saturated rings. The molecule has 1 aliphatic heterocycles. The van der Waals surface area contributed by atoms with Gasteiger partial charge in [0, 0.05) is 29.9 Å². The number of halogens is 3. The summed E-state index contributed by atoms with van der Waals surface area (Å²) < 4.78 is 62.9. The van der Waals surface area contributed by atoms with Gasteiger partial charge in [-0.05, 0) is 49.7 Å². The minimum Gasteiger partial charge on any atom is -0.302 e. The van der Waals surface area contributed by atoms with Crippen LogP contribution in [0.4, 0.5) is 18.3 Å². The number of nitrogens with one attached hydrogen (secondary N) is 1. The van der Waals surface area contributed by atoms with Gasteiger partial charge in [-0.3, -0.25) is 14.7 Å². The molecular formula is C25H33F3N4O3S2. The number of carbonyl (C=O) groups is 1. The zero-order chi connectivity index (χ0) is 27.0. The minimum atomic E-state index is -4.09. The van der Waals surface area contributed by atoms with E-state index in [1.807, 2.05) is 0 Å². The Bertz CT molecular complexity index is 1200. The van der Waals surface area contributed by atoms with Crippen LogP contribution in [-0.4, -0.2) is 47.7 Å². The summed E-state index contributed by atoms with van der Waals surface area (Å²) in [6.45, 7) is 7.22. The van der Waals surface area contributed by atoms with Crippen LogP contribution in [0, 0.1) is 17.8 Å². The average molecular weight is 559 g/mol. The summed E-state index contributed by atoms with van der Waals surface area (Å²) in [5.41, 5.74) is 1.40. The summed E-state index contributed by atoms with van der Waals surface area (Å²) in [6, 6.07) is 3.06. The first-order valence-electron chi connectivity index (χ1n) is 12.6. The fraction of sp³-hybridized carbons (Fsp3) is 0.640. The second kappa shape index (κ2) is 11.0. The lowest BCUT2D eigenvalue weighted by Crippen LogP contribution is -2.35. The number of alkyl halides is 3. The van der Waals surface area contributed by atoms with Gasteiger partial charge in [0.25, 0.3) is 0 Å². The van der Waals surface area contributed by atoms with Crippen LogP contribution in [0.25, 0.3) is 0 Å². The molecule has 0 radical (unpaired) electrons. The Morgan fingerprint density at radius 2 is 1.92 bits per heavy atom. The van der Waals surface area contributed by atoms with E-state index in [1.165, 1.54) is 23.6 Å². The van der Waals surface area contributed by atoms with E-state index in [2.05, 4.69) is 29.0 Å². The van der Waals surface area contributed by atoms with Crippen molar-refractivity contribution >= 4 is 32.2 Å². The third-order valence-electron chi connectivity index (χ3n) is 7.31. The predicted molar refractivity (Wildman–Crippen MR) is 136 cm³/mol. The molecular weight excluding hydrogens is 525 g/mol. The molecule has 4 rings (SSSR count). The van der Waals surface area contributed by atoms with E-state index < -0.39 is 21.9 Å². The van der Waals surface area contributed by atoms with Crippen molar-refractivity contribution < 1.29 is 26.4 Å². The molecule has 12 heteroatoms. The van der Waals surface area contributed by atoms with Crippen LogP contribution in [0.5, 0.6) is 0 Å². The summed E-state index contributed by atoms with van der Waals surface area (Å²) >= 11 is 1.43. The molecule has 0 unspecified atom stereocenters. The van der Waals surface area contributed by atoms with Gasteiger partial charge in [0.1, 0.15) is 0 Å². The van der Waals surface area contributed by atoms with E-state index in [9.17, 15) is 26.4 Å². The minimum absolute atomic E-state index is 0.00294. The van der Waals surface area contributed by atoms with Crippen molar-refractivity contribution in [2.24, 2.45) is 17.8 Å². The molecule has 2 aromatic rings. The number of hydrogen-bond acceptors (Lipinski definition) is 7. The predicted octanol–water partition coefficient (Wildman–Crippen LogP) is 5.39. The van der Waals surface area contributed by atoms with Crippen LogP contribution in [0.2, 0.25) is 0 Å². The zero-order valence-electron chi connectivity index (χ0n) is 21.2. The summed E-state index contributed by atoms with van der Waals surface area (Å²) in [5.74, 6) is -0.961. The van der Waals surface area contributed by atoms with Crippen molar-refractivity contribution in [2.75, 3.05) is 17.6 Å². The van der Waals surface area contributed by atoms with Crippen LogP contribution in [0.15, 0.2) is 23.2 Å². The number of anilines is 1. The third kappa shape index (κ3) is 6.51. The van der Waals surface area contributed by atoms with Crippen LogP contribution in [0.1, 0.15) is 68.8 Å². The van der Waals surface area contributed by atoms with Crippen molar-refractivity contribution in [1.82, 2.24) is 14.9 Å². The number of amides is 1. The molecule has 0 spiro atoms. The Labute approximate surface area is 219 Å². The van der Waals surface area contributed by atoms with E-state index in [0.717, 1.165) is 17.1 Å². The molecule has 1 amide bonds. The SMILES string of the molecule is CCS(=O)(=O)c1ccc(CC(=O)Nc2nc3c(s2)CN(CC2CCC(C(F)(F)F)CC2)[C@H]3C(C)C)nc1. The van der Waals surface area contributed by atoms with E-state index in [4.69, 9.17) is 4.98 Å². The first-order valence-corrected chi connectivity index (χ1v) is 15.1. The van der Waals surface area contributed by atoms with Crippen LogP contribution in [-0.2, 0) is 27.6 Å². The van der Waals surface area contributed by atoms with Crippen molar-refractivity contribution in [1.29, 1.82) is 0 Å². The molecule has 1 N–H and O–H groups in total. The van der Waals surface area contributed by atoms with Crippen molar-refractivity contribution in [3.05, 3.63) is 34.6 Å². The van der Waals surface area contributed by atoms with Gasteiger partial charge < -0.3 is 5.32 Å².